The van der Waals surface area contributed by atoms with Crippen LogP contribution in [0.4, 0.5) is 0 Å². The molecule has 0 aromatic carbocycles. The van der Waals surface area contributed by atoms with Crippen molar-refractivity contribution in [2.45, 2.75) is 204 Å². The third kappa shape index (κ3) is 11.5. The molecule has 12 heteroatoms. The highest BCUT2D eigenvalue weighted by atomic mass is 28.4. The molecular weight excluding hydrogens is 709 g/mol. The highest BCUT2D eigenvalue weighted by Gasteiger charge is 2.57. The van der Waals surface area contributed by atoms with E-state index in [1.165, 1.54) is 7.11 Å². The van der Waals surface area contributed by atoms with Crippen LogP contribution < -0.4 is 0 Å². The lowest BCUT2D eigenvalue weighted by atomic mass is 9.87. The maximum absolute atomic E-state index is 13.5. The Balaban J connectivity index is 2.16. The summed E-state index contributed by atoms with van der Waals surface area (Å²) in [6, 6.07) is 0. The number of allylic oxidation sites excluding steroid dienone is 1. The highest BCUT2D eigenvalue weighted by molar-refractivity contribution is 6.75. The molecule has 3 aliphatic heterocycles. The van der Waals surface area contributed by atoms with Gasteiger partial charge in [0, 0.05) is 6.42 Å². The summed E-state index contributed by atoms with van der Waals surface area (Å²) in [5.41, 5.74) is 1.08. The SMILES string of the molecule is C=C1COC(CCC(=O)/C=C/C(O[Si](C)(C)C(C)(C)C)[C@@H]2OC3CCC(CC(=O)OC)O[C@@H]3C(O[Si](C)(C)C(C)(C)C)C2O[Si](C)(C)C(C)(C)C)C1. The van der Waals surface area contributed by atoms with Crippen LogP contribution >= 0.6 is 0 Å². The molecule has 3 aliphatic rings. The first-order chi connectivity index (χ1) is 23.6. The van der Waals surface area contributed by atoms with Crippen LogP contribution in [0.5, 0.6) is 0 Å². The van der Waals surface area contributed by atoms with Crippen molar-refractivity contribution in [1.82, 2.24) is 0 Å². The van der Waals surface area contributed by atoms with Gasteiger partial charge in [-0.25, -0.2) is 0 Å². The normalized spacial score (nSPS) is 28.9. The van der Waals surface area contributed by atoms with E-state index in [0.717, 1.165) is 12.0 Å². The Morgan fingerprint density at radius 2 is 1.38 bits per heavy atom. The van der Waals surface area contributed by atoms with Crippen LogP contribution in [0, 0.1) is 0 Å². The second-order valence-corrected chi connectivity index (χ2v) is 34.3. The summed E-state index contributed by atoms with van der Waals surface area (Å²) in [6.45, 7) is 38.2. The first-order valence-electron chi connectivity index (χ1n) is 19.5. The van der Waals surface area contributed by atoms with Gasteiger partial charge in [-0.05, 0) is 91.7 Å². The van der Waals surface area contributed by atoms with E-state index in [-0.39, 0.29) is 51.6 Å². The quantitative estimate of drug-likeness (QED) is 0.0739. The molecule has 8 atom stereocenters. The zero-order chi connectivity index (χ0) is 39.7. The smallest absolute Gasteiger partial charge is 0.308 e. The molecule has 0 amide bonds. The van der Waals surface area contributed by atoms with Crippen molar-refractivity contribution in [3.05, 3.63) is 24.3 Å². The summed E-state index contributed by atoms with van der Waals surface area (Å²) < 4.78 is 47.0. The molecule has 52 heavy (non-hydrogen) atoms. The fraction of sp³-hybridized carbons (Fsp3) is 0.850. The van der Waals surface area contributed by atoms with Gasteiger partial charge in [0.05, 0.1) is 44.6 Å². The number of ether oxygens (including phenoxy) is 4. The minimum absolute atomic E-state index is 0.0289. The van der Waals surface area contributed by atoms with Crippen LogP contribution in [0.1, 0.15) is 101 Å². The fourth-order valence-electron chi connectivity index (χ4n) is 6.15. The molecule has 9 nitrogen and oxygen atoms in total. The van der Waals surface area contributed by atoms with Gasteiger partial charge < -0.3 is 32.2 Å². The predicted octanol–water partition coefficient (Wildman–Crippen LogP) is 9.29. The van der Waals surface area contributed by atoms with E-state index < -0.39 is 55.5 Å². The Morgan fingerprint density at radius 1 is 0.827 bits per heavy atom. The van der Waals surface area contributed by atoms with Crippen LogP contribution in [0.25, 0.3) is 0 Å². The third-order valence-corrected chi connectivity index (χ3v) is 26.1. The Labute approximate surface area is 319 Å². The van der Waals surface area contributed by atoms with Crippen molar-refractivity contribution in [2.75, 3.05) is 13.7 Å². The summed E-state index contributed by atoms with van der Waals surface area (Å²) >= 11 is 0. The monoisotopic (exact) mass is 782 g/mol. The molecule has 0 N–H and O–H groups in total. The van der Waals surface area contributed by atoms with Gasteiger partial charge in [-0.3, -0.25) is 9.59 Å². The second-order valence-electron chi connectivity index (χ2n) is 20.0. The Morgan fingerprint density at radius 3 is 1.88 bits per heavy atom. The highest BCUT2D eigenvalue weighted by Crippen LogP contribution is 2.47. The van der Waals surface area contributed by atoms with E-state index in [2.05, 4.69) is 108 Å². The van der Waals surface area contributed by atoms with E-state index in [9.17, 15) is 9.59 Å². The number of hydrogen-bond donors (Lipinski definition) is 0. The van der Waals surface area contributed by atoms with Crippen LogP contribution in [0.2, 0.25) is 54.4 Å². The zero-order valence-corrected chi connectivity index (χ0v) is 38.6. The number of methoxy groups -OCH3 is 1. The predicted molar refractivity (Wildman–Crippen MR) is 216 cm³/mol. The van der Waals surface area contributed by atoms with Gasteiger partial charge in [0.15, 0.2) is 30.7 Å². The average molecular weight is 783 g/mol. The summed E-state index contributed by atoms with van der Waals surface area (Å²) in [4.78, 5) is 25.9. The van der Waals surface area contributed by atoms with Crippen molar-refractivity contribution in [3.8, 4) is 0 Å². The number of carbonyl (C=O) groups excluding carboxylic acids is 2. The number of carbonyl (C=O) groups is 2. The molecule has 0 saturated carbocycles. The van der Waals surface area contributed by atoms with Gasteiger partial charge in [-0.1, -0.05) is 75.0 Å². The van der Waals surface area contributed by atoms with Gasteiger partial charge in [0.1, 0.15) is 24.4 Å². The first kappa shape index (κ1) is 45.4. The molecule has 0 bridgehead atoms. The summed E-state index contributed by atoms with van der Waals surface area (Å²) in [5.74, 6) is -0.266. The van der Waals surface area contributed by atoms with E-state index in [1.54, 1.807) is 6.08 Å². The molecular formula is C40H74O9Si3. The second kappa shape index (κ2) is 17.0. The van der Waals surface area contributed by atoms with Crippen LogP contribution in [0.15, 0.2) is 24.3 Å². The minimum Gasteiger partial charge on any atom is -0.469 e. The van der Waals surface area contributed by atoms with E-state index in [4.69, 9.17) is 32.2 Å². The molecule has 0 radical (unpaired) electrons. The molecule has 0 spiro atoms. The summed E-state index contributed by atoms with van der Waals surface area (Å²) in [7, 11) is -5.86. The standard InChI is InChI=1S/C40H74O9Si3/c1-27-24-29(44-26-27)20-18-28(41)19-22-32(47-50(12,13)38(2,3)4)35-37(49-52(16,17)40(8,9)10)36(48-51(14,15)39(5,6)7)34-31(46-35)23-21-30(45-34)25-33(42)43-11/h19,22,29-32,34-37H,1,18,20-21,23-26H2,2-17H3/b22-19+/t29?,30?,31?,32?,34-,35-,36?,37?/m0/s1. The van der Waals surface area contributed by atoms with Crippen LogP contribution in [-0.2, 0) is 41.8 Å². The molecule has 0 aromatic heterocycles. The summed E-state index contributed by atoms with van der Waals surface area (Å²) in [5, 5.41) is -0.285. The maximum atomic E-state index is 13.5. The van der Waals surface area contributed by atoms with Gasteiger partial charge in [0.25, 0.3) is 0 Å². The summed E-state index contributed by atoms with van der Waals surface area (Å²) in [6.07, 6.45) is 3.76. The maximum Gasteiger partial charge on any atom is 0.308 e. The van der Waals surface area contributed by atoms with E-state index >= 15 is 0 Å². The lowest BCUT2D eigenvalue weighted by molar-refractivity contribution is -0.267. The van der Waals surface area contributed by atoms with Crippen molar-refractivity contribution in [3.63, 3.8) is 0 Å². The fourth-order valence-corrected chi connectivity index (χ4v) is 10.00. The van der Waals surface area contributed by atoms with E-state index in [0.29, 0.717) is 32.3 Å². The molecule has 300 valence electrons. The van der Waals surface area contributed by atoms with Gasteiger partial charge in [-0.2, -0.15) is 0 Å². The number of rotatable bonds is 14. The van der Waals surface area contributed by atoms with Gasteiger partial charge in [0.2, 0.25) is 0 Å². The Hall–Kier alpha value is -0.969. The topological polar surface area (TPSA) is 98.8 Å². The lowest BCUT2D eigenvalue weighted by Gasteiger charge is -2.56. The molecule has 0 aliphatic carbocycles. The minimum atomic E-state index is -2.45. The van der Waals surface area contributed by atoms with Crippen LogP contribution in [-0.4, -0.2) is 99.3 Å². The van der Waals surface area contributed by atoms with Crippen molar-refractivity contribution in [2.24, 2.45) is 0 Å². The number of fused-ring (bicyclic) bond motifs is 1. The zero-order valence-electron chi connectivity index (χ0n) is 35.6. The third-order valence-electron chi connectivity index (χ3n) is 12.7. The Bertz CT molecular complexity index is 1270. The van der Waals surface area contributed by atoms with Crippen LogP contribution in [0.3, 0.4) is 0 Å². The Kier molecular flexibility index (Phi) is 14.9. The largest absolute Gasteiger partial charge is 0.469 e. The molecule has 3 heterocycles. The van der Waals surface area contributed by atoms with Crippen molar-refractivity contribution >= 4 is 36.7 Å². The number of esters is 1. The molecule has 0 aromatic rings. The molecule has 3 rings (SSSR count). The first-order valence-corrected chi connectivity index (χ1v) is 28.2. The molecule has 6 unspecified atom stereocenters. The van der Waals surface area contributed by atoms with Crippen molar-refractivity contribution in [1.29, 1.82) is 0 Å². The number of ketones is 1. The van der Waals surface area contributed by atoms with Gasteiger partial charge >= 0.3 is 5.97 Å². The van der Waals surface area contributed by atoms with Crippen molar-refractivity contribution < 1.29 is 41.8 Å². The lowest BCUT2D eigenvalue weighted by Crippen LogP contribution is -2.69. The van der Waals surface area contributed by atoms with Gasteiger partial charge in [-0.15, -0.1) is 0 Å². The van der Waals surface area contributed by atoms with E-state index in [1.807, 2.05) is 6.08 Å². The molecule has 3 saturated heterocycles. The average Bonchev–Trinajstić information content (AvgIpc) is 3.42. The molecule has 3 fully saturated rings. The number of hydrogen-bond acceptors (Lipinski definition) is 9.